The second-order valence-electron chi connectivity index (χ2n) is 4.19. The van der Waals surface area contributed by atoms with Gasteiger partial charge < -0.3 is 10.6 Å². The number of anilines is 2. The van der Waals surface area contributed by atoms with Crippen molar-refractivity contribution in [1.29, 1.82) is 0 Å². The Morgan fingerprint density at radius 1 is 0.950 bits per heavy atom. The van der Waals surface area contributed by atoms with Crippen molar-refractivity contribution in [3.05, 3.63) is 59.1 Å². The number of benzene rings is 2. The summed E-state index contributed by atoms with van der Waals surface area (Å²) in [5.74, 6) is -0.104. The Bertz CT molecular complexity index is 639. The van der Waals surface area contributed by atoms with Crippen LogP contribution in [0.15, 0.2) is 48.5 Å². The van der Waals surface area contributed by atoms with Crippen molar-refractivity contribution >= 4 is 34.8 Å². The van der Waals surface area contributed by atoms with Crippen LogP contribution in [0.1, 0.15) is 17.3 Å². The average molecular weight is 289 g/mol. The van der Waals surface area contributed by atoms with E-state index in [2.05, 4.69) is 10.6 Å². The third-order valence-electron chi connectivity index (χ3n) is 2.66. The number of urea groups is 1. The van der Waals surface area contributed by atoms with E-state index < -0.39 is 6.03 Å². The number of rotatable bonds is 3. The first-order valence-corrected chi connectivity index (χ1v) is 6.37. The SMILES string of the molecule is CC(=O)c1ccccc1NC(=O)Nc1ccc(Cl)cc1. The number of hydrogen-bond donors (Lipinski definition) is 2. The van der Waals surface area contributed by atoms with Crippen LogP contribution in [0, 0.1) is 0 Å². The lowest BCUT2D eigenvalue weighted by atomic mass is 10.1. The van der Waals surface area contributed by atoms with Gasteiger partial charge >= 0.3 is 6.03 Å². The van der Waals surface area contributed by atoms with Crippen LogP contribution < -0.4 is 10.6 Å². The molecule has 0 spiro atoms. The molecule has 0 unspecified atom stereocenters. The molecule has 0 saturated carbocycles. The lowest BCUT2D eigenvalue weighted by Gasteiger charge is -2.10. The van der Waals surface area contributed by atoms with Gasteiger partial charge in [-0.15, -0.1) is 0 Å². The third kappa shape index (κ3) is 3.59. The maximum Gasteiger partial charge on any atom is 0.323 e. The molecule has 0 fully saturated rings. The van der Waals surface area contributed by atoms with E-state index in [1.807, 2.05) is 0 Å². The summed E-state index contributed by atoms with van der Waals surface area (Å²) in [6.45, 7) is 1.46. The summed E-state index contributed by atoms with van der Waals surface area (Å²) in [5.41, 5.74) is 1.57. The molecule has 0 aromatic heterocycles. The lowest BCUT2D eigenvalue weighted by molar-refractivity contribution is 0.101. The number of carbonyl (C=O) groups excluding carboxylic acids is 2. The minimum atomic E-state index is -0.416. The van der Waals surface area contributed by atoms with E-state index in [1.165, 1.54) is 6.92 Å². The van der Waals surface area contributed by atoms with E-state index in [0.717, 1.165) is 0 Å². The Morgan fingerprint density at radius 2 is 1.60 bits per heavy atom. The van der Waals surface area contributed by atoms with Gasteiger partial charge in [0.25, 0.3) is 0 Å². The van der Waals surface area contributed by atoms with Crippen molar-refractivity contribution in [2.45, 2.75) is 6.92 Å². The van der Waals surface area contributed by atoms with E-state index >= 15 is 0 Å². The van der Waals surface area contributed by atoms with Crippen LogP contribution in [0.3, 0.4) is 0 Å². The van der Waals surface area contributed by atoms with Crippen LogP contribution in [0.25, 0.3) is 0 Å². The van der Waals surface area contributed by atoms with Gasteiger partial charge in [-0.1, -0.05) is 23.7 Å². The summed E-state index contributed by atoms with van der Waals surface area (Å²) < 4.78 is 0. The molecule has 0 bridgehead atoms. The number of para-hydroxylation sites is 1. The quantitative estimate of drug-likeness (QED) is 0.832. The Morgan fingerprint density at radius 3 is 2.25 bits per heavy atom. The Labute approximate surface area is 121 Å². The zero-order chi connectivity index (χ0) is 14.5. The van der Waals surface area contributed by atoms with Gasteiger partial charge in [0.15, 0.2) is 5.78 Å². The van der Waals surface area contributed by atoms with Gasteiger partial charge in [-0.2, -0.15) is 0 Å². The van der Waals surface area contributed by atoms with Crippen molar-refractivity contribution in [3.8, 4) is 0 Å². The van der Waals surface area contributed by atoms with Gasteiger partial charge in [-0.3, -0.25) is 4.79 Å². The second-order valence-corrected chi connectivity index (χ2v) is 4.62. The van der Waals surface area contributed by atoms with Gasteiger partial charge in [0, 0.05) is 16.3 Å². The maximum absolute atomic E-state index is 11.9. The molecule has 102 valence electrons. The highest BCUT2D eigenvalue weighted by atomic mass is 35.5. The molecule has 0 aliphatic heterocycles. The van der Waals surface area contributed by atoms with E-state index in [-0.39, 0.29) is 5.78 Å². The standard InChI is InChI=1S/C15H13ClN2O2/c1-10(19)13-4-2-3-5-14(13)18-15(20)17-12-8-6-11(16)7-9-12/h2-9H,1H3,(H2,17,18,20). The number of ketones is 1. The molecule has 2 N–H and O–H groups in total. The molecule has 0 radical (unpaired) electrons. The van der Waals surface area contributed by atoms with E-state index in [9.17, 15) is 9.59 Å². The molecule has 4 nitrogen and oxygen atoms in total. The molecule has 2 aromatic rings. The number of carbonyl (C=O) groups is 2. The zero-order valence-electron chi connectivity index (χ0n) is 10.8. The van der Waals surface area contributed by atoms with Crippen LogP contribution in [0.5, 0.6) is 0 Å². The molecule has 2 aromatic carbocycles. The van der Waals surface area contributed by atoms with Gasteiger partial charge in [0.05, 0.1) is 5.69 Å². The molecule has 2 amide bonds. The van der Waals surface area contributed by atoms with Crippen LogP contribution >= 0.6 is 11.6 Å². The van der Waals surface area contributed by atoms with Gasteiger partial charge in [-0.25, -0.2) is 4.79 Å². The van der Waals surface area contributed by atoms with E-state index in [1.54, 1.807) is 48.5 Å². The number of nitrogens with one attached hydrogen (secondary N) is 2. The molecular formula is C15H13ClN2O2. The predicted octanol–water partition coefficient (Wildman–Crippen LogP) is 4.19. The summed E-state index contributed by atoms with van der Waals surface area (Å²) >= 11 is 5.77. The largest absolute Gasteiger partial charge is 0.323 e. The smallest absolute Gasteiger partial charge is 0.308 e. The molecule has 0 atom stereocenters. The van der Waals surface area contributed by atoms with Crippen molar-refractivity contribution in [2.24, 2.45) is 0 Å². The average Bonchev–Trinajstić information content (AvgIpc) is 2.41. The first-order chi connectivity index (χ1) is 9.56. The number of halogens is 1. The molecule has 2 rings (SSSR count). The van der Waals surface area contributed by atoms with Crippen LogP contribution in [-0.4, -0.2) is 11.8 Å². The zero-order valence-corrected chi connectivity index (χ0v) is 11.6. The highest BCUT2D eigenvalue weighted by molar-refractivity contribution is 6.30. The van der Waals surface area contributed by atoms with Crippen molar-refractivity contribution in [3.63, 3.8) is 0 Å². The first-order valence-electron chi connectivity index (χ1n) is 6.00. The number of amides is 2. The summed E-state index contributed by atoms with van der Waals surface area (Å²) in [6, 6.07) is 13.2. The van der Waals surface area contributed by atoms with E-state index in [0.29, 0.717) is 22.0 Å². The maximum atomic E-state index is 11.9. The molecule has 0 aliphatic carbocycles. The summed E-state index contributed by atoms with van der Waals surface area (Å²) in [7, 11) is 0. The van der Waals surface area contributed by atoms with Gasteiger partial charge in [0.2, 0.25) is 0 Å². The van der Waals surface area contributed by atoms with Crippen LogP contribution in [-0.2, 0) is 0 Å². The van der Waals surface area contributed by atoms with Gasteiger partial charge in [0.1, 0.15) is 0 Å². The third-order valence-corrected chi connectivity index (χ3v) is 2.91. The fourth-order valence-electron chi connectivity index (χ4n) is 1.72. The summed E-state index contributed by atoms with van der Waals surface area (Å²) in [6.07, 6.45) is 0. The first kappa shape index (κ1) is 14.1. The topological polar surface area (TPSA) is 58.2 Å². The fourth-order valence-corrected chi connectivity index (χ4v) is 1.84. The second kappa shape index (κ2) is 6.21. The molecular weight excluding hydrogens is 276 g/mol. The Hall–Kier alpha value is -2.33. The van der Waals surface area contributed by atoms with E-state index in [4.69, 9.17) is 11.6 Å². The molecule has 20 heavy (non-hydrogen) atoms. The lowest BCUT2D eigenvalue weighted by Crippen LogP contribution is -2.20. The monoisotopic (exact) mass is 288 g/mol. The summed E-state index contributed by atoms with van der Waals surface area (Å²) in [5, 5.41) is 5.91. The minimum Gasteiger partial charge on any atom is -0.308 e. The summed E-state index contributed by atoms with van der Waals surface area (Å²) in [4.78, 5) is 23.3. The minimum absolute atomic E-state index is 0.104. The number of Topliss-reactive ketones (excluding diaryl/α,β-unsaturated/α-hetero) is 1. The van der Waals surface area contributed by atoms with Crippen LogP contribution in [0.2, 0.25) is 5.02 Å². The molecule has 0 aliphatic rings. The fraction of sp³-hybridized carbons (Fsp3) is 0.0667. The highest BCUT2D eigenvalue weighted by Gasteiger charge is 2.09. The van der Waals surface area contributed by atoms with Crippen molar-refractivity contribution in [2.75, 3.05) is 10.6 Å². The predicted molar refractivity (Wildman–Crippen MR) is 80.5 cm³/mol. The normalized spacial score (nSPS) is 9.90. The highest BCUT2D eigenvalue weighted by Crippen LogP contribution is 2.17. The Balaban J connectivity index is 2.08. The van der Waals surface area contributed by atoms with Crippen LogP contribution in [0.4, 0.5) is 16.2 Å². The van der Waals surface area contributed by atoms with Gasteiger partial charge in [-0.05, 0) is 43.3 Å². The van der Waals surface area contributed by atoms with Crippen molar-refractivity contribution in [1.82, 2.24) is 0 Å². The number of hydrogen-bond acceptors (Lipinski definition) is 2. The molecule has 0 saturated heterocycles. The molecule has 5 heteroatoms. The van der Waals surface area contributed by atoms with Crippen molar-refractivity contribution < 1.29 is 9.59 Å². The molecule has 0 heterocycles. The Kier molecular flexibility index (Phi) is 4.38.